The Morgan fingerprint density at radius 2 is 1.64 bits per heavy atom. The van der Waals surface area contributed by atoms with Crippen molar-refractivity contribution in [3.05, 3.63) is 95.8 Å². The number of para-hydroxylation sites is 1. The molecule has 8 heteroatoms. The van der Waals surface area contributed by atoms with Crippen LogP contribution >= 0.6 is 11.8 Å². The van der Waals surface area contributed by atoms with E-state index in [4.69, 9.17) is 0 Å². The Hall–Kier alpha value is -2.84. The standard InChI is InChI=1S/C25H27FN2O3S2/c1-20-10-5-8-15-24(20)28(33(30,31)22-12-3-2-4-13-22)18-25(29)27-16-9-17-32-19-21-11-6-7-14-23(21)26/h2-8,10-15H,9,16-19H2,1H3,(H,27,29). The normalized spacial score (nSPS) is 11.2. The lowest BCUT2D eigenvalue weighted by molar-refractivity contribution is -0.119. The number of sulfonamides is 1. The first-order chi connectivity index (χ1) is 15.9. The number of nitrogens with one attached hydrogen (secondary N) is 1. The Kier molecular flexibility index (Phi) is 8.91. The first-order valence-corrected chi connectivity index (χ1v) is 13.2. The fraction of sp³-hybridized carbons (Fsp3) is 0.240. The van der Waals surface area contributed by atoms with Crippen molar-refractivity contribution < 1.29 is 17.6 Å². The van der Waals surface area contributed by atoms with Crippen LogP contribution in [0.3, 0.4) is 0 Å². The molecular formula is C25H27FN2O3S2. The molecule has 0 atom stereocenters. The monoisotopic (exact) mass is 486 g/mol. The lowest BCUT2D eigenvalue weighted by Gasteiger charge is -2.25. The van der Waals surface area contributed by atoms with Crippen LogP contribution in [0.2, 0.25) is 0 Å². The van der Waals surface area contributed by atoms with E-state index in [1.165, 1.54) is 18.2 Å². The van der Waals surface area contributed by atoms with Crippen LogP contribution in [0.5, 0.6) is 0 Å². The van der Waals surface area contributed by atoms with Crippen molar-refractivity contribution in [3.63, 3.8) is 0 Å². The summed E-state index contributed by atoms with van der Waals surface area (Å²) in [5, 5.41) is 2.80. The number of carbonyl (C=O) groups excluding carboxylic acids is 1. The van der Waals surface area contributed by atoms with Crippen molar-refractivity contribution in [1.29, 1.82) is 0 Å². The molecular weight excluding hydrogens is 459 g/mol. The molecule has 0 unspecified atom stereocenters. The van der Waals surface area contributed by atoms with E-state index >= 15 is 0 Å². The average molecular weight is 487 g/mol. The molecule has 174 valence electrons. The van der Waals surface area contributed by atoms with Gasteiger partial charge in [0.1, 0.15) is 12.4 Å². The molecule has 0 aliphatic carbocycles. The minimum atomic E-state index is -3.91. The van der Waals surface area contributed by atoms with Gasteiger partial charge in [-0.2, -0.15) is 11.8 Å². The number of amides is 1. The molecule has 0 radical (unpaired) electrons. The van der Waals surface area contributed by atoms with Gasteiger partial charge in [-0.05, 0) is 54.5 Å². The summed E-state index contributed by atoms with van der Waals surface area (Å²) in [6, 6.07) is 21.9. The molecule has 33 heavy (non-hydrogen) atoms. The molecule has 3 aromatic carbocycles. The number of benzene rings is 3. The van der Waals surface area contributed by atoms with Crippen LogP contribution in [-0.4, -0.2) is 33.2 Å². The van der Waals surface area contributed by atoms with Gasteiger partial charge in [0.2, 0.25) is 5.91 Å². The second kappa shape index (κ2) is 11.9. The molecule has 0 heterocycles. The molecule has 5 nitrogen and oxygen atoms in total. The lowest BCUT2D eigenvalue weighted by atomic mass is 10.2. The third kappa shape index (κ3) is 6.82. The van der Waals surface area contributed by atoms with Gasteiger partial charge in [0.25, 0.3) is 10.0 Å². The zero-order valence-electron chi connectivity index (χ0n) is 18.4. The fourth-order valence-corrected chi connectivity index (χ4v) is 5.70. The summed E-state index contributed by atoms with van der Waals surface area (Å²) < 4.78 is 41.4. The Bertz CT molecular complexity index is 1170. The predicted molar refractivity (Wildman–Crippen MR) is 132 cm³/mol. The molecule has 0 aliphatic rings. The molecule has 1 N–H and O–H groups in total. The maximum Gasteiger partial charge on any atom is 0.264 e. The SMILES string of the molecule is Cc1ccccc1N(CC(=O)NCCCSCc1ccccc1F)S(=O)(=O)c1ccccc1. The third-order valence-corrected chi connectivity index (χ3v) is 7.87. The van der Waals surface area contributed by atoms with Gasteiger partial charge in [0, 0.05) is 12.3 Å². The highest BCUT2D eigenvalue weighted by Gasteiger charge is 2.27. The van der Waals surface area contributed by atoms with Crippen LogP contribution in [0.25, 0.3) is 0 Å². The number of rotatable bonds is 11. The van der Waals surface area contributed by atoms with E-state index in [1.807, 2.05) is 25.1 Å². The molecule has 0 saturated carbocycles. The number of thioether (sulfide) groups is 1. The van der Waals surface area contributed by atoms with Gasteiger partial charge in [-0.15, -0.1) is 0 Å². The largest absolute Gasteiger partial charge is 0.354 e. The molecule has 0 fully saturated rings. The number of hydrogen-bond donors (Lipinski definition) is 1. The summed E-state index contributed by atoms with van der Waals surface area (Å²) in [5.41, 5.74) is 1.89. The molecule has 3 aromatic rings. The quantitative estimate of drug-likeness (QED) is 0.397. The Balaban J connectivity index is 1.58. The van der Waals surface area contributed by atoms with Crippen LogP contribution in [0, 0.1) is 12.7 Å². The van der Waals surface area contributed by atoms with Crippen molar-refractivity contribution >= 4 is 33.4 Å². The third-order valence-electron chi connectivity index (χ3n) is 5.01. The van der Waals surface area contributed by atoms with Gasteiger partial charge in [-0.1, -0.05) is 54.6 Å². The van der Waals surface area contributed by atoms with Crippen LogP contribution in [0.15, 0.2) is 83.8 Å². The van der Waals surface area contributed by atoms with Crippen LogP contribution < -0.4 is 9.62 Å². The van der Waals surface area contributed by atoms with Gasteiger partial charge >= 0.3 is 0 Å². The van der Waals surface area contributed by atoms with Crippen molar-refractivity contribution in [2.45, 2.75) is 24.0 Å². The second-order valence-corrected chi connectivity index (χ2v) is 10.4. The van der Waals surface area contributed by atoms with Crippen LogP contribution in [0.4, 0.5) is 10.1 Å². The molecule has 0 aromatic heterocycles. The predicted octanol–water partition coefficient (Wildman–Crippen LogP) is 4.77. The summed E-state index contributed by atoms with van der Waals surface area (Å²) in [7, 11) is -3.91. The van der Waals surface area contributed by atoms with Crippen molar-refractivity contribution in [2.24, 2.45) is 0 Å². The first kappa shape index (κ1) is 24.8. The summed E-state index contributed by atoms with van der Waals surface area (Å²) in [6.07, 6.45) is 0.695. The van der Waals surface area contributed by atoms with E-state index in [1.54, 1.807) is 54.2 Å². The van der Waals surface area contributed by atoms with Gasteiger partial charge in [0.15, 0.2) is 0 Å². The molecule has 0 saturated heterocycles. The molecule has 0 bridgehead atoms. The molecule has 1 amide bonds. The Morgan fingerprint density at radius 1 is 0.970 bits per heavy atom. The lowest BCUT2D eigenvalue weighted by Crippen LogP contribution is -2.41. The average Bonchev–Trinajstić information content (AvgIpc) is 2.82. The minimum Gasteiger partial charge on any atom is -0.354 e. The first-order valence-electron chi connectivity index (χ1n) is 10.6. The zero-order valence-corrected chi connectivity index (χ0v) is 20.0. The topological polar surface area (TPSA) is 66.5 Å². The van der Waals surface area contributed by atoms with Gasteiger partial charge in [0.05, 0.1) is 10.6 Å². The van der Waals surface area contributed by atoms with Gasteiger partial charge < -0.3 is 5.32 Å². The highest BCUT2D eigenvalue weighted by molar-refractivity contribution is 7.98. The second-order valence-electron chi connectivity index (χ2n) is 7.46. The van der Waals surface area contributed by atoms with Crippen molar-refractivity contribution in [1.82, 2.24) is 5.32 Å². The number of carbonyl (C=O) groups is 1. The van der Waals surface area contributed by atoms with E-state index in [-0.39, 0.29) is 23.2 Å². The summed E-state index contributed by atoms with van der Waals surface area (Å²) in [5.74, 6) is 0.723. The maximum absolute atomic E-state index is 13.7. The minimum absolute atomic E-state index is 0.130. The van der Waals surface area contributed by atoms with E-state index in [9.17, 15) is 17.6 Å². The van der Waals surface area contributed by atoms with E-state index in [0.29, 0.717) is 30.0 Å². The fourth-order valence-electron chi connectivity index (χ4n) is 3.25. The van der Waals surface area contributed by atoms with E-state index < -0.39 is 10.0 Å². The Morgan fingerprint density at radius 3 is 2.36 bits per heavy atom. The highest BCUT2D eigenvalue weighted by atomic mass is 32.2. The number of nitrogens with zero attached hydrogens (tertiary/aromatic N) is 1. The van der Waals surface area contributed by atoms with Crippen LogP contribution in [-0.2, 0) is 20.6 Å². The number of anilines is 1. The zero-order chi connectivity index (χ0) is 23.7. The smallest absolute Gasteiger partial charge is 0.264 e. The van der Waals surface area contributed by atoms with Gasteiger partial charge in [-0.25, -0.2) is 12.8 Å². The maximum atomic E-state index is 13.7. The number of hydrogen-bond acceptors (Lipinski definition) is 4. The van der Waals surface area contributed by atoms with E-state index in [2.05, 4.69) is 5.32 Å². The van der Waals surface area contributed by atoms with Crippen LogP contribution in [0.1, 0.15) is 17.5 Å². The number of halogens is 1. The number of aryl methyl sites for hydroxylation is 1. The van der Waals surface area contributed by atoms with Crippen molar-refractivity contribution in [3.8, 4) is 0 Å². The van der Waals surface area contributed by atoms with Crippen molar-refractivity contribution in [2.75, 3.05) is 23.1 Å². The summed E-state index contributed by atoms with van der Waals surface area (Å²) >= 11 is 1.59. The van der Waals surface area contributed by atoms with E-state index in [0.717, 1.165) is 15.6 Å². The Labute approximate surface area is 199 Å². The van der Waals surface area contributed by atoms with Gasteiger partial charge in [-0.3, -0.25) is 9.10 Å². The summed E-state index contributed by atoms with van der Waals surface area (Å²) in [6.45, 7) is 1.91. The summed E-state index contributed by atoms with van der Waals surface area (Å²) in [4.78, 5) is 12.8. The molecule has 3 rings (SSSR count). The molecule has 0 spiro atoms. The molecule has 0 aliphatic heterocycles. The highest BCUT2D eigenvalue weighted by Crippen LogP contribution is 2.26.